The number of ether oxygens (including phenoxy) is 1. The van der Waals surface area contributed by atoms with Crippen LogP contribution in [0.3, 0.4) is 0 Å². The monoisotopic (exact) mass is 389 g/mol. The zero-order valence-electron chi connectivity index (χ0n) is 13.2. The molecule has 0 bridgehead atoms. The van der Waals surface area contributed by atoms with Gasteiger partial charge in [-0.05, 0) is 19.8 Å². The fraction of sp³-hybridized carbons (Fsp3) is 0.600. The fourth-order valence-electron chi connectivity index (χ4n) is 2.91. The first kappa shape index (κ1) is 18.0. The SMILES string of the molecule is C=CCOC(=O)C1=C(SC2CCCS2=O)S[C@@H]2[C@@H](C(C)O)C(=O)N12. The Bertz CT molecular complexity index is 633. The zero-order valence-corrected chi connectivity index (χ0v) is 15.6. The number of carbonyl (C=O) groups is 2. The molecule has 3 aliphatic heterocycles. The van der Waals surface area contributed by atoms with E-state index in [0.717, 1.165) is 12.8 Å². The van der Waals surface area contributed by atoms with Gasteiger partial charge in [0.25, 0.3) is 0 Å². The Labute approximate surface area is 151 Å². The summed E-state index contributed by atoms with van der Waals surface area (Å²) >= 11 is 2.78. The Kier molecular flexibility index (Phi) is 5.43. The topological polar surface area (TPSA) is 83.9 Å². The van der Waals surface area contributed by atoms with Crippen molar-refractivity contribution in [2.75, 3.05) is 12.4 Å². The number of hydrogen-bond donors (Lipinski definition) is 1. The predicted molar refractivity (Wildman–Crippen MR) is 95.2 cm³/mol. The number of aliphatic hydroxyl groups is 1. The average molecular weight is 390 g/mol. The molecule has 24 heavy (non-hydrogen) atoms. The van der Waals surface area contributed by atoms with Gasteiger partial charge in [-0.2, -0.15) is 0 Å². The number of carbonyl (C=O) groups excluding carboxylic acids is 2. The van der Waals surface area contributed by atoms with E-state index in [1.54, 1.807) is 6.92 Å². The summed E-state index contributed by atoms with van der Waals surface area (Å²) in [6.07, 6.45) is 2.42. The van der Waals surface area contributed by atoms with E-state index in [9.17, 15) is 18.9 Å². The van der Waals surface area contributed by atoms with Gasteiger partial charge in [0.2, 0.25) is 5.91 Å². The van der Waals surface area contributed by atoms with Crippen LogP contribution >= 0.6 is 23.5 Å². The maximum Gasteiger partial charge on any atom is 0.357 e. The van der Waals surface area contributed by atoms with E-state index in [4.69, 9.17) is 4.74 Å². The van der Waals surface area contributed by atoms with Crippen molar-refractivity contribution in [3.63, 3.8) is 0 Å². The van der Waals surface area contributed by atoms with Crippen LogP contribution in [0.15, 0.2) is 22.6 Å². The molecular weight excluding hydrogens is 370 g/mol. The van der Waals surface area contributed by atoms with Crippen molar-refractivity contribution >= 4 is 46.2 Å². The molecule has 3 rings (SSSR count). The van der Waals surface area contributed by atoms with Gasteiger partial charge >= 0.3 is 5.97 Å². The normalized spacial score (nSPS) is 33.2. The van der Waals surface area contributed by atoms with Crippen LogP contribution in [0.2, 0.25) is 0 Å². The summed E-state index contributed by atoms with van der Waals surface area (Å²) in [5.41, 5.74) is 0.225. The van der Waals surface area contributed by atoms with Crippen LogP contribution in [-0.4, -0.2) is 54.5 Å². The second-order valence-corrected chi connectivity index (χ2v) is 10.4. The van der Waals surface area contributed by atoms with Crippen molar-refractivity contribution in [3.05, 3.63) is 22.6 Å². The maximum atomic E-state index is 12.4. The molecule has 3 heterocycles. The minimum absolute atomic E-state index is 0.0616. The molecule has 9 heteroatoms. The second-order valence-electron chi connectivity index (χ2n) is 5.78. The third-order valence-electron chi connectivity index (χ3n) is 4.11. The Morgan fingerprint density at radius 3 is 3.00 bits per heavy atom. The van der Waals surface area contributed by atoms with Crippen molar-refractivity contribution in [1.82, 2.24) is 4.90 Å². The molecule has 3 unspecified atom stereocenters. The van der Waals surface area contributed by atoms with Gasteiger partial charge in [-0.1, -0.05) is 36.2 Å². The Morgan fingerprint density at radius 2 is 2.42 bits per heavy atom. The number of esters is 1. The van der Waals surface area contributed by atoms with Crippen LogP contribution in [0, 0.1) is 5.92 Å². The predicted octanol–water partition coefficient (Wildman–Crippen LogP) is 1.40. The van der Waals surface area contributed by atoms with E-state index in [0.29, 0.717) is 9.99 Å². The van der Waals surface area contributed by atoms with Crippen molar-refractivity contribution in [3.8, 4) is 0 Å². The standard InChI is InChI=1S/C15H19NO5S3/c1-3-6-21-14(19)11-15(22-9-5-4-7-24(9)20)23-13-10(8(2)17)12(18)16(11)13/h3,8-10,13,17H,1,4-7H2,2H3/t8?,9?,10-,13+,24?/m0/s1. The third-order valence-corrected chi connectivity index (χ3v) is 9.19. The number of fused-ring (bicyclic) bond motifs is 1. The number of aliphatic hydroxyl groups excluding tert-OH is 1. The van der Waals surface area contributed by atoms with Crippen molar-refractivity contribution in [1.29, 1.82) is 0 Å². The Morgan fingerprint density at radius 1 is 1.67 bits per heavy atom. The number of hydrogen-bond acceptors (Lipinski definition) is 7. The molecule has 0 aromatic heterocycles. The number of thioether (sulfide) groups is 2. The molecule has 2 saturated heterocycles. The highest BCUT2D eigenvalue weighted by Gasteiger charge is 2.58. The largest absolute Gasteiger partial charge is 0.457 e. The second kappa shape index (κ2) is 7.23. The molecule has 1 amide bonds. The summed E-state index contributed by atoms with van der Waals surface area (Å²) in [5.74, 6) is -0.692. The molecule has 0 radical (unpaired) electrons. The zero-order chi connectivity index (χ0) is 17.4. The summed E-state index contributed by atoms with van der Waals surface area (Å²) in [4.78, 5) is 26.1. The maximum absolute atomic E-state index is 12.4. The van der Waals surface area contributed by atoms with Gasteiger partial charge < -0.3 is 9.84 Å². The van der Waals surface area contributed by atoms with Gasteiger partial charge in [-0.3, -0.25) is 13.9 Å². The lowest BCUT2D eigenvalue weighted by molar-refractivity contribution is -0.157. The summed E-state index contributed by atoms with van der Waals surface area (Å²) in [7, 11) is -0.924. The molecule has 3 aliphatic rings. The van der Waals surface area contributed by atoms with E-state index >= 15 is 0 Å². The molecule has 1 N–H and O–H groups in total. The van der Waals surface area contributed by atoms with Crippen molar-refractivity contribution in [2.45, 2.75) is 35.8 Å². The first-order valence-corrected chi connectivity index (χ1v) is 10.8. The Balaban J connectivity index is 1.84. The first-order valence-electron chi connectivity index (χ1n) is 7.69. The van der Waals surface area contributed by atoms with E-state index in [1.165, 1.54) is 34.5 Å². The molecular formula is C15H19NO5S3. The number of amides is 1. The average Bonchev–Trinajstić information content (AvgIpc) is 3.07. The van der Waals surface area contributed by atoms with Crippen LogP contribution in [0.5, 0.6) is 0 Å². The van der Waals surface area contributed by atoms with Crippen LogP contribution in [0.25, 0.3) is 0 Å². The van der Waals surface area contributed by atoms with Gasteiger partial charge in [0, 0.05) is 16.6 Å². The number of β-lactam (4-membered cyclic amide) rings is 1. The summed E-state index contributed by atoms with van der Waals surface area (Å²) < 4.78 is 17.8. The van der Waals surface area contributed by atoms with Crippen LogP contribution in [0.4, 0.5) is 0 Å². The highest BCUT2D eigenvalue weighted by atomic mass is 32.2. The molecule has 132 valence electrons. The fourth-order valence-corrected chi connectivity index (χ4v) is 8.25. The van der Waals surface area contributed by atoms with Gasteiger partial charge in [0.05, 0.1) is 20.8 Å². The van der Waals surface area contributed by atoms with E-state index in [-0.39, 0.29) is 28.2 Å². The lowest BCUT2D eigenvalue weighted by Gasteiger charge is -2.43. The van der Waals surface area contributed by atoms with Crippen molar-refractivity contribution < 1.29 is 23.6 Å². The molecule has 0 saturated carbocycles. The van der Waals surface area contributed by atoms with Crippen molar-refractivity contribution in [2.24, 2.45) is 5.92 Å². The van der Waals surface area contributed by atoms with Gasteiger partial charge in [-0.15, -0.1) is 0 Å². The Hall–Kier alpha value is -0.770. The lowest BCUT2D eigenvalue weighted by Crippen LogP contribution is -2.60. The highest BCUT2D eigenvalue weighted by Crippen LogP contribution is 2.55. The van der Waals surface area contributed by atoms with Crippen LogP contribution in [0.1, 0.15) is 19.8 Å². The molecule has 2 fully saturated rings. The van der Waals surface area contributed by atoms with E-state index in [2.05, 4.69) is 6.58 Å². The summed E-state index contributed by atoms with van der Waals surface area (Å²) in [6, 6.07) is 0. The number of nitrogens with zero attached hydrogens (tertiary/aromatic N) is 1. The van der Waals surface area contributed by atoms with Crippen LogP contribution < -0.4 is 0 Å². The quantitative estimate of drug-likeness (QED) is 0.418. The third kappa shape index (κ3) is 3.07. The number of rotatable bonds is 6. The van der Waals surface area contributed by atoms with E-state index < -0.39 is 28.8 Å². The molecule has 5 atom stereocenters. The molecule has 0 spiro atoms. The van der Waals surface area contributed by atoms with Crippen LogP contribution in [-0.2, 0) is 25.1 Å². The van der Waals surface area contributed by atoms with Gasteiger partial charge in [-0.25, -0.2) is 4.79 Å². The molecule has 0 aromatic carbocycles. The minimum atomic E-state index is -0.924. The summed E-state index contributed by atoms with van der Waals surface area (Å²) in [6.45, 7) is 5.15. The molecule has 6 nitrogen and oxygen atoms in total. The first-order chi connectivity index (χ1) is 11.5. The molecule has 0 aromatic rings. The molecule has 0 aliphatic carbocycles. The highest BCUT2D eigenvalue weighted by molar-refractivity contribution is 8.26. The lowest BCUT2D eigenvalue weighted by atomic mass is 9.92. The smallest absolute Gasteiger partial charge is 0.357 e. The summed E-state index contributed by atoms with van der Waals surface area (Å²) in [5, 5.41) is 9.51. The van der Waals surface area contributed by atoms with Gasteiger partial charge in [0.15, 0.2) is 5.70 Å². The van der Waals surface area contributed by atoms with E-state index in [1.807, 2.05) is 0 Å². The minimum Gasteiger partial charge on any atom is -0.457 e. The van der Waals surface area contributed by atoms with Gasteiger partial charge in [0.1, 0.15) is 12.0 Å².